The van der Waals surface area contributed by atoms with Gasteiger partial charge in [0.15, 0.2) is 6.29 Å². The summed E-state index contributed by atoms with van der Waals surface area (Å²) in [5.74, 6) is 0. The van der Waals surface area contributed by atoms with Gasteiger partial charge in [-0.25, -0.2) is 0 Å². The van der Waals surface area contributed by atoms with Gasteiger partial charge in [0.25, 0.3) is 0 Å². The molecule has 1 aromatic carbocycles. The molecule has 3 rings (SSSR count). The Morgan fingerprint density at radius 3 is 2.55 bits per heavy atom. The van der Waals surface area contributed by atoms with Crippen molar-refractivity contribution in [3.8, 4) is 0 Å². The molecule has 1 aromatic rings. The molecular formula is C14H19NO5. The standard InChI is InChI=1S/C14H19NO5/c15-6-9-11(16)12(17)13-10(19-9)7-18-14(20-13)8-4-2-1-3-5-8/h1-5,9-14,16-17H,6-7,15H2/t9-,10+,11-,12+,13+,14?/m0/s1. The molecule has 0 spiro atoms. The van der Waals surface area contributed by atoms with Crippen LogP contribution < -0.4 is 5.73 Å². The highest BCUT2D eigenvalue weighted by molar-refractivity contribution is 5.16. The van der Waals surface area contributed by atoms with Crippen molar-refractivity contribution in [3.05, 3.63) is 35.9 Å². The first kappa shape index (κ1) is 13.9. The molecule has 2 aliphatic rings. The second-order valence-electron chi connectivity index (χ2n) is 5.11. The van der Waals surface area contributed by atoms with Crippen molar-refractivity contribution >= 4 is 0 Å². The Morgan fingerprint density at radius 2 is 1.85 bits per heavy atom. The predicted octanol–water partition coefficient (Wildman–Crippen LogP) is -0.452. The van der Waals surface area contributed by atoms with Gasteiger partial charge in [0.2, 0.25) is 0 Å². The van der Waals surface area contributed by atoms with Crippen LogP contribution in [0.4, 0.5) is 0 Å². The molecule has 0 aromatic heterocycles. The lowest BCUT2D eigenvalue weighted by atomic mass is 9.94. The van der Waals surface area contributed by atoms with Crippen LogP contribution in [0, 0.1) is 0 Å². The van der Waals surface area contributed by atoms with Crippen LogP contribution in [-0.2, 0) is 14.2 Å². The number of benzene rings is 1. The summed E-state index contributed by atoms with van der Waals surface area (Å²) in [6, 6.07) is 9.46. The van der Waals surface area contributed by atoms with Gasteiger partial charge >= 0.3 is 0 Å². The van der Waals surface area contributed by atoms with Crippen molar-refractivity contribution in [3.63, 3.8) is 0 Å². The lowest BCUT2D eigenvalue weighted by molar-refractivity contribution is -0.327. The van der Waals surface area contributed by atoms with Gasteiger partial charge in [-0.2, -0.15) is 0 Å². The predicted molar refractivity (Wildman–Crippen MR) is 69.7 cm³/mol. The second-order valence-corrected chi connectivity index (χ2v) is 5.11. The SMILES string of the molecule is NC[C@@H]1O[C@@H]2COC(c3ccccc3)O[C@H]2[C@H](O)[C@H]1O. The van der Waals surface area contributed by atoms with Crippen LogP contribution in [0.25, 0.3) is 0 Å². The molecule has 110 valence electrons. The highest BCUT2D eigenvalue weighted by atomic mass is 16.7. The first-order chi connectivity index (χ1) is 9.70. The van der Waals surface area contributed by atoms with E-state index in [2.05, 4.69) is 0 Å². The fourth-order valence-electron chi connectivity index (χ4n) is 2.66. The van der Waals surface area contributed by atoms with Crippen LogP contribution in [0.15, 0.2) is 30.3 Å². The van der Waals surface area contributed by atoms with Gasteiger partial charge in [-0.1, -0.05) is 30.3 Å². The summed E-state index contributed by atoms with van der Waals surface area (Å²) in [5, 5.41) is 20.1. The van der Waals surface area contributed by atoms with Gasteiger partial charge in [0.1, 0.15) is 24.4 Å². The Bertz CT molecular complexity index is 440. The Hall–Kier alpha value is -1.02. The van der Waals surface area contributed by atoms with Crippen molar-refractivity contribution in [2.75, 3.05) is 13.2 Å². The molecule has 0 radical (unpaired) electrons. The molecule has 2 heterocycles. The Morgan fingerprint density at radius 1 is 1.10 bits per heavy atom. The number of fused-ring (bicyclic) bond motifs is 1. The molecule has 2 saturated heterocycles. The average Bonchev–Trinajstić information content (AvgIpc) is 2.51. The van der Waals surface area contributed by atoms with Gasteiger partial charge in [-0.3, -0.25) is 0 Å². The van der Waals surface area contributed by atoms with Crippen molar-refractivity contribution < 1.29 is 24.4 Å². The van der Waals surface area contributed by atoms with E-state index in [-0.39, 0.29) is 6.54 Å². The number of aliphatic hydroxyl groups excluding tert-OH is 2. The number of hydrogen-bond donors (Lipinski definition) is 3. The Balaban J connectivity index is 1.74. The largest absolute Gasteiger partial charge is 0.388 e. The highest BCUT2D eigenvalue weighted by Crippen LogP contribution is 2.33. The molecule has 0 bridgehead atoms. The minimum Gasteiger partial charge on any atom is -0.388 e. The second kappa shape index (κ2) is 5.77. The van der Waals surface area contributed by atoms with Crippen LogP contribution in [-0.4, -0.2) is 53.9 Å². The molecule has 0 aliphatic carbocycles. The number of ether oxygens (including phenoxy) is 3. The highest BCUT2D eigenvalue weighted by Gasteiger charge is 2.48. The topological polar surface area (TPSA) is 94.2 Å². The lowest BCUT2D eigenvalue weighted by Gasteiger charge is -2.46. The summed E-state index contributed by atoms with van der Waals surface area (Å²) in [6.45, 7) is 0.439. The van der Waals surface area contributed by atoms with Crippen LogP contribution in [0.2, 0.25) is 0 Å². The first-order valence-electron chi connectivity index (χ1n) is 6.74. The molecule has 1 unspecified atom stereocenters. The van der Waals surface area contributed by atoms with Crippen molar-refractivity contribution in [2.24, 2.45) is 5.73 Å². The van der Waals surface area contributed by atoms with E-state index in [0.29, 0.717) is 6.61 Å². The fraction of sp³-hybridized carbons (Fsp3) is 0.571. The lowest BCUT2D eigenvalue weighted by Crippen LogP contribution is -2.63. The van der Waals surface area contributed by atoms with E-state index in [1.54, 1.807) is 0 Å². The molecule has 4 N–H and O–H groups in total. The maximum absolute atomic E-state index is 10.2. The van der Waals surface area contributed by atoms with Crippen LogP contribution >= 0.6 is 0 Å². The molecule has 6 atom stereocenters. The van der Waals surface area contributed by atoms with E-state index in [1.165, 1.54) is 0 Å². The molecule has 0 amide bonds. The number of hydrogen-bond acceptors (Lipinski definition) is 6. The Kier molecular flexibility index (Phi) is 4.02. The average molecular weight is 281 g/mol. The third kappa shape index (κ3) is 2.46. The molecule has 2 aliphatic heterocycles. The summed E-state index contributed by atoms with van der Waals surface area (Å²) in [4.78, 5) is 0. The molecule has 6 nitrogen and oxygen atoms in total. The zero-order valence-corrected chi connectivity index (χ0v) is 11.0. The Labute approximate surface area is 117 Å². The van der Waals surface area contributed by atoms with E-state index in [0.717, 1.165) is 5.56 Å². The first-order valence-corrected chi connectivity index (χ1v) is 6.74. The maximum atomic E-state index is 10.2. The molecular weight excluding hydrogens is 262 g/mol. The zero-order valence-electron chi connectivity index (χ0n) is 11.0. The monoisotopic (exact) mass is 281 g/mol. The van der Waals surface area contributed by atoms with Gasteiger partial charge < -0.3 is 30.2 Å². The van der Waals surface area contributed by atoms with Crippen LogP contribution in [0.5, 0.6) is 0 Å². The molecule has 6 heteroatoms. The normalized spacial score (nSPS) is 41.1. The minimum absolute atomic E-state index is 0.142. The number of rotatable bonds is 2. The van der Waals surface area contributed by atoms with Gasteiger partial charge in [0, 0.05) is 12.1 Å². The van der Waals surface area contributed by atoms with E-state index in [9.17, 15) is 10.2 Å². The van der Waals surface area contributed by atoms with Crippen molar-refractivity contribution in [1.82, 2.24) is 0 Å². The van der Waals surface area contributed by atoms with E-state index < -0.39 is 36.8 Å². The van der Waals surface area contributed by atoms with Crippen molar-refractivity contribution in [1.29, 1.82) is 0 Å². The third-order valence-electron chi connectivity index (χ3n) is 3.78. The fourth-order valence-corrected chi connectivity index (χ4v) is 2.66. The molecule has 0 saturated carbocycles. The van der Waals surface area contributed by atoms with Crippen LogP contribution in [0.3, 0.4) is 0 Å². The summed E-state index contributed by atoms with van der Waals surface area (Å²) in [5.41, 5.74) is 6.39. The smallest absolute Gasteiger partial charge is 0.184 e. The van der Waals surface area contributed by atoms with Gasteiger partial charge in [-0.05, 0) is 0 Å². The molecule has 20 heavy (non-hydrogen) atoms. The number of aliphatic hydroxyl groups is 2. The molecule has 2 fully saturated rings. The quantitative estimate of drug-likeness (QED) is 0.679. The summed E-state index contributed by atoms with van der Waals surface area (Å²) in [6.07, 6.45) is -4.26. The van der Waals surface area contributed by atoms with Crippen LogP contribution in [0.1, 0.15) is 11.9 Å². The van der Waals surface area contributed by atoms with E-state index in [1.807, 2.05) is 30.3 Å². The number of nitrogens with two attached hydrogens (primary N) is 1. The van der Waals surface area contributed by atoms with Gasteiger partial charge in [-0.15, -0.1) is 0 Å². The summed E-state index contributed by atoms with van der Waals surface area (Å²) >= 11 is 0. The zero-order chi connectivity index (χ0) is 14.1. The van der Waals surface area contributed by atoms with Gasteiger partial charge in [0.05, 0.1) is 12.7 Å². The van der Waals surface area contributed by atoms with Crippen molar-refractivity contribution in [2.45, 2.75) is 36.8 Å². The summed E-state index contributed by atoms with van der Waals surface area (Å²) in [7, 11) is 0. The van der Waals surface area contributed by atoms with E-state index in [4.69, 9.17) is 19.9 Å². The minimum atomic E-state index is -1.05. The maximum Gasteiger partial charge on any atom is 0.184 e. The van der Waals surface area contributed by atoms with E-state index >= 15 is 0 Å². The summed E-state index contributed by atoms with van der Waals surface area (Å²) < 4.78 is 17.0. The third-order valence-corrected chi connectivity index (χ3v) is 3.78.